The van der Waals surface area contributed by atoms with Gasteiger partial charge in [-0.2, -0.15) is 0 Å². The molecule has 2 aromatic rings. The van der Waals surface area contributed by atoms with Crippen molar-refractivity contribution in [3.63, 3.8) is 0 Å². The van der Waals surface area contributed by atoms with Crippen LogP contribution in [0.15, 0.2) is 30.6 Å². The largest absolute Gasteiger partial charge is 0.326 e. The lowest BCUT2D eigenvalue weighted by Gasteiger charge is -2.08. The summed E-state index contributed by atoms with van der Waals surface area (Å²) in [4.78, 5) is 0. The van der Waals surface area contributed by atoms with Gasteiger partial charge in [-0.05, 0) is 23.6 Å². The summed E-state index contributed by atoms with van der Waals surface area (Å²) in [6, 6.07) is 6.25. The van der Waals surface area contributed by atoms with Gasteiger partial charge in [0, 0.05) is 6.54 Å². The van der Waals surface area contributed by atoms with Gasteiger partial charge in [0.2, 0.25) is 0 Å². The van der Waals surface area contributed by atoms with Crippen LogP contribution >= 0.6 is 0 Å². The van der Waals surface area contributed by atoms with Gasteiger partial charge in [0.1, 0.15) is 0 Å². The van der Waals surface area contributed by atoms with Crippen molar-refractivity contribution in [1.82, 2.24) is 15.0 Å². The van der Waals surface area contributed by atoms with E-state index in [-0.39, 0.29) is 0 Å². The van der Waals surface area contributed by atoms with Crippen molar-refractivity contribution in [1.29, 1.82) is 0 Å². The summed E-state index contributed by atoms with van der Waals surface area (Å²) < 4.78 is 1.74. The van der Waals surface area contributed by atoms with E-state index in [9.17, 15) is 0 Å². The zero-order valence-electron chi connectivity index (χ0n) is 8.72. The SMILES string of the molecule is CCc1ccc(-n2ccnn2)c(CN)c1. The van der Waals surface area contributed by atoms with Crippen LogP contribution in [0.4, 0.5) is 0 Å². The Morgan fingerprint density at radius 3 is 2.87 bits per heavy atom. The van der Waals surface area contributed by atoms with E-state index in [0.29, 0.717) is 6.54 Å². The fraction of sp³-hybridized carbons (Fsp3) is 0.273. The number of hydrogen-bond acceptors (Lipinski definition) is 3. The molecule has 4 heteroatoms. The summed E-state index contributed by atoms with van der Waals surface area (Å²) >= 11 is 0. The van der Waals surface area contributed by atoms with Crippen LogP contribution in [0.1, 0.15) is 18.1 Å². The minimum atomic E-state index is 0.517. The fourth-order valence-electron chi connectivity index (χ4n) is 1.58. The molecule has 1 aromatic carbocycles. The summed E-state index contributed by atoms with van der Waals surface area (Å²) in [5.41, 5.74) is 9.11. The van der Waals surface area contributed by atoms with Gasteiger partial charge in [-0.3, -0.25) is 0 Å². The molecule has 78 valence electrons. The van der Waals surface area contributed by atoms with E-state index in [1.807, 2.05) is 12.3 Å². The molecule has 0 atom stereocenters. The van der Waals surface area contributed by atoms with E-state index < -0.39 is 0 Å². The number of aryl methyl sites for hydroxylation is 1. The molecule has 0 bridgehead atoms. The molecule has 0 radical (unpaired) electrons. The Hall–Kier alpha value is -1.68. The Morgan fingerprint density at radius 1 is 1.40 bits per heavy atom. The fourth-order valence-corrected chi connectivity index (χ4v) is 1.58. The first kappa shape index (κ1) is 9.86. The number of hydrogen-bond donors (Lipinski definition) is 1. The van der Waals surface area contributed by atoms with Crippen LogP contribution in [0.5, 0.6) is 0 Å². The molecule has 0 saturated heterocycles. The smallest absolute Gasteiger partial charge is 0.0708 e. The molecule has 2 N–H and O–H groups in total. The lowest BCUT2D eigenvalue weighted by Crippen LogP contribution is -2.06. The van der Waals surface area contributed by atoms with Gasteiger partial charge < -0.3 is 5.73 Å². The molecule has 1 aromatic heterocycles. The van der Waals surface area contributed by atoms with E-state index in [1.54, 1.807) is 10.9 Å². The zero-order valence-corrected chi connectivity index (χ0v) is 8.72. The van der Waals surface area contributed by atoms with Gasteiger partial charge in [0.15, 0.2) is 0 Å². The van der Waals surface area contributed by atoms with Crippen LogP contribution in [-0.2, 0) is 13.0 Å². The maximum Gasteiger partial charge on any atom is 0.0708 e. The quantitative estimate of drug-likeness (QED) is 0.815. The molecule has 15 heavy (non-hydrogen) atoms. The molecular formula is C11H14N4. The first-order chi connectivity index (χ1) is 7.35. The third-order valence-electron chi connectivity index (χ3n) is 2.44. The van der Waals surface area contributed by atoms with Crippen LogP contribution in [-0.4, -0.2) is 15.0 Å². The molecular weight excluding hydrogens is 188 g/mol. The van der Waals surface area contributed by atoms with E-state index in [2.05, 4.69) is 29.4 Å². The summed E-state index contributed by atoms with van der Waals surface area (Å²) in [5.74, 6) is 0. The second-order valence-electron chi connectivity index (χ2n) is 3.37. The van der Waals surface area contributed by atoms with Crippen molar-refractivity contribution in [2.45, 2.75) is 19.9 Å². The lowest BCUT2D eigenvalue weighted by atomic mass is 10.1. The minimum Gasteiger partial charge on any atom is -0.326 e. The highest BCUT2D eigenvalue weighted by Crippen LogP contribution is 2.15. The van der Waals surface area contributed by atoms with Crippen molar-refractivity contribution in [2.24, 2.45) is 5.73 Å². The van der Waals surface area contributed by atoms with Crippen LogP contribution in [0.25, 0.3) is 5.69 Å². The second kappa shape index (κ2) is 4.23. The van der Waals surface area contributed by atoms with Crippen molar-refractivity contribution in [3.05, 3.63) is 41.7 Å². The van der Waals surface area contributed by atoms with Gasteiger partial charge in [-0.1, -0.05) is 24.3 Å². The van der Waals surface area contributed by atoms with Crippen LogP contribution in [0, 0.1) is 0 Å². The number of benzene rings is 1. The Labute approximate surface area is 88.7 Å². The monoisotopic (exact) mass is 202 g/mol. The Morgan fingerprint density at radius 2 is 2.27 bits per heavy atom. The third kappa shape index (κ3) is 1.89. The van der Waals surface area contributed by atoms with Crippen molar-refractivity contribution in [3.8, 4) is 5.69 Å². The molecule has 0 aliphatic heterocycles. The van der Waals surface area contributed by atoms with Crippen LogP contribution in [0.3, 0.4) is 0 Å². The maximum atomic E-state index is 5.72. The standard InChI is InChI=1S/C11H14N4/c1-2-9-3-4-11(10(7-9)8-12)15-6-5-13-14-15/h3-7H,2,8,12H2,1H3. The Balaban J connectivity index is 2.48. The zero-order chi connectivity index (χ0) is 10.7. The van der Waals surface area contributed by atoms with Crippen molar-refractivity contribution < 1.29 is 0 Å². The predicted molar refractivity (Wildman–Crippen MR) is 58.6 cm³/mol. The van der Waals surface area contributed by atoms with Gasteiger partial charge in [0.25, 0.3) is 0 Å². The topological polar surface area (TPSA) is 56.7 Å². The molecule has 0 amide bonds. The highest BCUT2D eigenvalue weighted by atomic mass is 15.4. The van der Waals surface area contributed by atoms with Crippen molar-refractivity contribution in [2.75, 3.05) is 0 Å². The summed E-state index contributed by atoms with van der Waals surface area (Å²) in [7, 11) is 0. The number of aromatic nitrogens is 3. The number of rotatable bonds is 3. The van der Waals surface area contributed by atoms with E-state index >= 15 is 0 Å². The Bertz CT molecular complexity index is 434. The van der Waals surface area contributed by atoms with E-state index in [0.717, 1.165) is 17.7 Å². The van der Waals surface area contributed by atoms with E-state index in [1.165, 1.54) is 5.56 Å². The predicted octanol–water partition coefficient (Wildman–Crippen LogP) is 1.29. The van der Waals surface area contributed by atoms with Crippen LogP contribution < -0.4 is 5.73 Å². The van der Waals surface area contributed by atoms with E-state index in [4.69, 9.17) is 5.73 Å². The average Bonchev–Trinajstić information content (AvgIpc) is 2.81. The summed E-state index contributed by atoms with van der Waals surface area (Å²) in [5, 5.41) is 7.75. The second-order valence-corrected chi connectivity index (χ2v) is 3.37. The molecule has 0 aliphatic carbocycles. The van der Waals surface area contributed by atoms with Gasteiger partial charge in [-0.15, -0.1) is 5.10 Å². The maximum absolute atomic E-state index is 5.72. The molecule has 0 aliphatic rings. The third-order valence-corrected chi connectivity index (χ3v) is 2.44. The number of nitrogens with zero attached hydrogens (tertiary/aromatic N) is 3. The summed E-state index contributed by atoms with van der Waals surface area (Å²) in [6.45, 7) is 2.65. The van der Waals surface area contributed by atoms with Gasteiger partial charge in [0.05, 0.1) is 18.1 Å². The Kier molecular flexibility index (Phi) is 2.78. The molecule has 0 fully saturated rings. The molecule has 2 rings (SSSR count). The van der Waals surface area contributed by atoms with Gasteiger partial charge in [-0.25, -0.2) is 4.68 Å². The molecule has 0 saturated carbocycles. The minimum absolute atomic E-state index is 0.517. The first-order valence-electron chi connectivity index (χ1n) is 5.03. The highest BCUT2D eigenvalue weighted by molar-refractivity contribution is 5.42. The number of nitrogens with two attached hydrogens (primary N) is 1. The first-order valence-corrected chi connectivity index (χ1v) is 5.03. The average molecular weight is 202 g/mol. The normalized spacial score (nSPS) is 10.5. The molecule has 0 spiro atoms. The molecule has 1 heterocycles. The van der Waals surface area contributed by atoms with Gasteiger partial charge >= 0.3 is 0 Å². The lowest BCUT2D eigenvalue weighted by molar-refractivity contribution is 0.790. The summed E-state index contributed by atoms with van der Waals surface area (Å²) in [6.07, 6.45) is 4.50. The molecule has 0 unspecified atom stereocenters. The van der Waals surface area contributed by atoms with Crippen LogP contribution in [0.2, 0.25) is 0 Å². The molecule has 4 nitrogen and oxygen atoms in total. The van der Waals surface area contributed by atoms with Crippen molar-refractivity contribution >= 4 is 0 Å². The highest BCUT2D eigenvalue weighted by Gasteiger charge is 2.04.